The highest BCUT2D eigenvalue weighted by Crippen LogP contribution is 2.19. The molecule has 1 aromatic carbocycles. The Balaban J connectivity index is 2.27. The normalized spacial score (nSPS) is 10.1. The minimum atomic E-state index is -0.782. The first-order valence-electron chi connectivity index (χ1n) is 5.05. The molecule has 0 spiro atoms. The number of hydrogen-bond donors (Lipinski definition) is 3. The van der Waals surface area contributed by atoms with Crippen molar-refractivity contribution in [1.82, 2.24) is 4.98 Å². The molecular formula is C12H9FN2O3. The fourth-order valence-electron chi connectivity index (χ4n) is 1.39. The molecule has 0 fully saturated rings. The van der Waals surface area contributed by atoms with Crippen LogP contribution in [0.5, 0.6) is 5.75 Å². The van der Waals surface area contributed by atoms with E-state index in [1.165, 1.54) is 30.6 Å². The third-order valence-corrected chi connectivity index (χ3v) is 2.27. The lowest BCUT2D eigenvalue weighted by atomic mass is 10.2. The van der Waals surface area contributed by atoms with Gasteiger partial charge in [-0.1, -0.05) is 0 Å². The Bertz CT molecular complexity index is 652. The first-order chi connectivity index (χ1) is 8.58. The quantitative estimate of drug-likeness (QED) is 0.704. The predicted octanol–water partition coefficient (Wildman–Crippen LogP) is 1.47. The number of benzene rings is 1. The molecule has 2 rings (SSSR count). The number of pyridine rings is 1. The molecule has 6 heteroatoms. The molecule has 1 heterocycles. The summed E-state index contributed by atoms with van der Waals surface area (Å²) in [5.41, 5.74) is -0.698. The summed E-state index contributed by atoms with van der Waals surface area (Å²) in [4.78, 5) is 25.7. The molecule has 0 aliphatic rings. The van der Waals surface area contributed by atoms with E-state index in [0.717, 1.165) is 6.07 Å². The molecule has 0 saturated carbocycles. The molecule has 0 aliphatic carbocycles. The van der Waals surface area contributed by atoms with Gasteiger partial charge in [0.05, 0.1) is 5.69 Å². The van der Waals surface area contributed by atoms with E-state index in [4.69, 9.17) is 5.11 Å². The molecule has 0 aliphatic heterocycles. The number of nitrogens with one attached hydrogen (secondary N) is 2. The zero-order valence-corrected chi connectivity index (χ0v) is 9.11. The van der Waals surface area contributed by atoms with E-state index in [-0.39, 0.29) is 17.0 Å². The van der Waals surface area contributed by atoms with Crippen LogP contribution >= 0.6 is 0 Å². The second kappa shape index (κ2) is 4.70. The van der Waals surface area contributed by atoms with Gasteiger partial charge in [0.15, 0.2) is 5.43 Å². The second-order valence-corrected chi connectivity index (χ2v) is 3.54. The maximum Gasteiger partial charge on any atom is 0.261 e. The van der Waals surface area contributed by atoms with Crippen molar-refractivity contribution in [2.45, 2.75) is 0 Å². The van der Waals surface area contributed by atoms with Crippen LogP contribution in [0.1, 0.15) is 10.4 Å². The van der Waals surface area contributed by atoms with Crippen LogP contribution in [0.3, 0.4) is 0 Å². The minimum Gasteiger partial charge on any atom is -0.508 e. The molecular weight excluding hydrogens is 239 g/mol. The van der Waals surface area contributed by atoms with Gasteiger partial charge in [-0.2, -0.15) is 0 Å². The minimum absolute atomic E-state index is 0.110. The largest absolute Gasteiger partial charge is 0.508 e. The Hall–Kier alpha value is -2.63. The Labute approximate surface area is 101 Å². The standard InChI is InChI=1S/C12H9FN2O3/c13-9-5-7(16)1-2-10(9)15-12(18)8-6-14-4-3-11(8)17/h1-6,16H,(H,14,17)(H,15,18). The molecule has 0 atom stereocenters. The molecule has 5 nitrogen and oxygen atoms in total. The number of aromatic hydroxyl groups is 1. The van der Waals surface area contributed by atoms with E-state index in [0.29, 0.717) is 0 Å². The van der Waals surface area contributed by atoms with Crippen molar-refractivity contribution in [3.8, 4) is 5.75 Å². The van der Waals surface area contributed by atoms with Crippen LogP contribution in [-0.4, -0.2) is 16.0 Å². The van der Waals surface area contributed by atoms with Crippen LogP contribution in [0.2, 0.25) is 0 Å². The molecule has 0 unspecified atom stereocenters. The van der Waals surface area contributed by atoms with Gasteiger partial charge in [-0.15, -0.1) is 0 Å². The number of hydrogen-bond acceptors (Lipinski definition) is 3. The van der Waals surface area contributed by atoms with Crippen molar-refractivity contribution in [3.05, 3.63) is 58.3 Å². The lowest BCUT2D eigenvalue weighted by molar-refractivity contribution is 0.102. The average Bonchev–Trinajstić information content (AvgIpc) is 2.33. The Morgan fingerprint density at radius 1 is 1.33 bits per heavy atom. The molecule has 2 aromatic rings. The lowest BCUT2D eigenvalue weighted by Gasteiger charge is -2.05. The molecule has 0 radical (unpaired) electrons. The van der Waals surface area contributed by atoms with E-state index in [9.17, 15) is 14.0 Å². The van der Waals surface area contributed by atoms with Crippen LogP contribution in [0.4, 0.5) is 10.1 Å². The number of H-pyrrole nitrogens is 1. The van der Waals surface area contributed by atoms with E-state index < -0.39 is 17.2 Å². The van der Waals surface area contributed by atoms with Gasteiger partial charge >= 0.3 is 0 Å². The number of amides is 1. The monoisotopic (exact) mass is 248 g/mol. The number of aromatic amines is 1. The van der Waals surface area contributed by atoms with Crippen LogP contribution in [0.25, 0.3) is 0 Å². The molecule has 18 heavy (non-hydrogen) atoms. The highest BCUT2D eigenvalue weighted by Gasteiger charge is 2.12. The summed E-state index contributed by atoms with van der Waals surface area (Å²) in [6, 6.07) is 4.50. The number of phenols is 1. The number of carbonyl (C=O) groups is 1. The van der Waals surface area contributed by atoms with E-state index in [1.54, 1.807) is 0 Å². The SMILES string of the molecule is O=C(Nc1ccc(O)cc1F)c1c[nH]ccc1=O. The number of halogens is 1. The van der Waals surface area contributed by atoms with Gasteiger partial charge in [0.2, 0.25) is 0 Å². The average molecular weight is 248 g/mol. The van der Waals surface area contributed by atoms with Gasteiger partial charge in [-0.25, -0.2) is 4.39 Å². The third kappa shape index (κ3) is 2.37. The Morgan fingerprint density at radius 2 is 2.11 bits per heavy atom. The molecule has 1 aromatic heterocycles. The zero-order valence-electron chi connectivity index (χ0n) is 9.11. The number of phenolic OH excluding ortho intramolecular Hbond substituents is 1. The van der Waals surface area contributed by atoms with Crippen molar-refractivity contribution in [2.75, 3.05) is 5.32 Å². The first-order valence-corrected chi connectivity index (χ1v) is 5.05. The van der Waals surface area contributed by atoms with E-state index in [2.05, 4.69) is 10.3 Å². The summed E-state index contributed by atoms with van der Waals surface area (Å²) in [5, 5.41) is 11.3. The third-order valence-electron chi connectivity index (χ3n) is 2.27. The summed E-state index contributed by atoms with van der Waals surface area (Å²) in [6.45, 7) is 0. The maximum atomic E-state index is 13.4. The van der Waals surface area contributed by atoms with Gasteiger partial charge in [0.1, 0.15) is 17.1 Å². The molecule has 1 amide bonds. The number of rotatable bonds is 2. The molecule has 3 N–H and O–H groups in total. The van der Waals surface area contributed by atoms with Crippen LogP contribution in [0.15, 0.2) is 41.5 Å². The Kier molecular flexibility index (Phi) is 3.09. The number of anilines is 1. The van der Waals surface area contributed by atoms with Gasteiger partial charge in [0, 0.05) is 24.5 Å². The summed E-state index contributed by atoms with van der Waals surface area (Å²) >= 11 is 0. The van der Waals surface area contributed by atoms with Crippen LogP contribution in [-0.2, 0) is 0 Å². The van der Waals surface area contributed by atoms with Gasteiger partial charge in [-0.05, 0) is 12.1 Å². The van der Waals surface area contributed by atoms with Crippen molar-refractivity contribution in [1.29, 1.82) is 0 Å². The molecule has 92 valence electrons. The van der Waals surface area contributed by atoms with Crippen molar-refractivity contribution in [3.63, 3.8) is 0 Å². The van der Waals surface area contributed by atoms with Crippen LogP contribution in [0, 0.1) is 5.82 Å². The molecule has 0 bridgehead atoms. The smallest absolute Gasteiger partial charge is 0.261 e. The van der Waals surface area contributed by atoms with Crippen molar-refractivity contribution in [2.24, 2.45) is 0 Å². The van der Waals surface area contributed by atoms with Gasteiger partial charge < -0.3 is 15.4 Å². The lowest BCUT2D eigenvalue weighted by Crippen LogP contribution is -2.21. The second-order valence-electron chi connectivity index (χ2n) is 3.54. The zero-order chi connectivity index (χ0) is 13.1. The molecule has 0 saturated heterocycles. The number of aromatic nitrogens is 1. The summed E-state index contributed by atoms with van der Waals surface area (Å²) < 4.78 is 13.4. The summed E-state index contributed by atoms with van der Waals surface area (Å²) in [7, 11) is 0. The highest BCUT2D eigenvalue weighted by atomic mass is 19.1. The van der Waals surface area contributed by atoms with Crippen molar-refractivity contribution >= 4 is 11.6 Å². The van der Waals surface area contributed by atoms with Gasteiger partial charge in [0.25, 0.3) is 5.91 Å². The predicted molar refractivity (Wildman–Crippen MR) is 63.1 cm³/mol. The van der Waals surface area contributed by atoms with E-state index >= 15 is 0 Å². The number of carbonyl (C=O) groups excluding carboxylic acids is 1. The first kappa shape index (κ1) is 11.8. The summed E-state index contributed by atoms with van der Waals surface area (Å²) in [6.07, 6.45) is 2.62. The van der Waals surface area contributed by atoms with Crippen molar-refractivity contribution < 1.29 is 14.3 Å². The van der Waals surface area contributed by atoms with Gasteiger partial charge in [-0.3, -0.25) is 9.59 Å². The van der Waals surface area contributed by atoms with E-state index in [1.807, 2.05) is 0 Å². The highest BCUT2D eigenvalue weighted by molar-refractivity contribution is 6.04. The fraction of sp³-hybridized carbons (Fsp3) is 0. The summed E-state index contributed by atoms with van der Waals surface area (Å²) in [5.74, 6) is -1.75. The maximum absolute atomic E-state index is 13.4. The van der Waals surface area contributed by atoms with Crippen LogP contribution < -0.4 is 10.7 Å². The topological polar surface area (TPSA) is 82.2 Å². The Morgan fingerprint density at radius 3 is 2.78 bits per heavy atom. The fourth-order valence-corrected chi connectivity index (χ4v) is 1.39.